The normalized spacial score (nSPS) is 11.9. The molecular formula is C16H20N2O. The van der Waals surface area contributed by atoms with Gasteiger partial charge >= 0.3 is 0 Å². The number of anilines is 1. The molecule has 2 rings (SSSR count). The molecule has 1 unspecified atom stereocenters. The first-order valence-electron chi connectivity index (χ1n) is 6.59. The van der Waals surface area contributed by atoms with Gasteiger partial charge in [-0.1, -0.05) is 30.3 Å². The van der Waals surface area contributed by atoms with Crippen LogP contribution in [0.15, 0.2) is 48.7 Å². The standard InChI is InChI=1S/C16H20N2O/c1-13(10-11-14-7-4-3-5-8-14)18-15-9-6-12-17-16(15)19-2/h3-9,12-13,18H,10-11H2,1-2H3. The average molecular weight is 256 g/mol. The lowest BCUT2D eigenvalue weighted by Crippen LogP contribution is -2.16. The van der Waals surface area contributed by atoms with E-state index < -0.39 is 0 Å². The van der Waals surface area contributed by atoms with Crippen molar-refractivity contribution in [1.29, 1.82) is 0 Å². The quantitative estimate of drug-likeness (QED) is 0.858. The lowest BCUT2D eigenvalue weighted by Gasteiger charge is -2.16. The molecule has 2 aromatic rings. The van der Waals surface area contributed by atoms with Crippen LogP contribution in [0, 0.1) is 0 Å². The van der Waals surface area contributed by atoms with Gasteiger partial charge in [-0.2, -0.15) is 0 Å². The number of hydrogen-bond acceptors (Lipinski definition) is 3. The molecule has 0 radical (unpaired) electrons. The molecule has 1 atom stereocenters. The number of methoxy groups -OCH3 is 1. The maximum Gasteiger partial charge on any atom is 0.237 e. The van der Waals surface area contributed by atoms with Gasteiger partial charge in [0.1, 0.15) is 0 Å². The number of aryl methyl sites for hydroxylation is 1. The maximum atomic E-state index is 5.24. The lowest BCUT2D eigenvalue weighted by molar-refractivity contribution is 0.399. The number of nitrogens with zero attached hydrogens (tertiary/aromatic N) is 1. The van der Waals surface area contributed by atoms with Crippen LogP contribution in [0.1, 0.15) is 18.9 Å². The molecule has 0 amide bonds. The van der Waals surface area contributed by atoms with Gasteiger partial charge in [0, 0.05) is 12.2 Å². The van der Waals surface area contributed by atoms with E-state index in [1.807, 2.05) is 18.2 Å². The molecule has 1 aromatic carbocycles. The molecule has 0 saturated heterocycles. The van der Waals surface area contributed by atoms with Crippen molar-refractivity contribution in [1.82, 2.24) is 4.98 Å². The first kappa shape index (κ1) is 13.4. The molecule has 0 fully saturated rings. The number of benzene rings is 1. The Morgan fingerprint density at radius 3 is 2.68 bits per heavy atom. The van der Waals surface area contributed by atoms with Crippen molar-refractivity contribution in [2.24, 2.45) is 0 Å². The number of pyridine rings is 1. The molecule has 19 heavy (non-hydrogen) atoms. The van der Waals surface area contributed by atoms with Gasteiger partial charge in [0.25, 0.3) is 0 Å². The second kappa shape index (κ2) is 6.78. The number of ether oxygens (including phenoxy) is 1. The molecule has 3 heteroatoms. The summed E-state index contributed by atoms with van der Waals surface area (Å²) in [6.45, 7) is 2.18. The Labute approximate surface area is 114 Å². The van der Waals surface area contributed by atoms with Crippen molar-refractivity contribution in [3.63, 3.8) is 0 Å². The topological polar surface area (TPSA) is 34.1 Å². The van der Waals surface area contributed by atoms with Crippen LogP contribution < -0.4 is 10.1 Å². The summed E-state index contributed by atoms with van der Waals surface area (Å²) < 4.78 is 5.24. The highest BCUT2D eigenvalue weighted by Crippen LogP contribution is 2.21. The fourth-order valence-corrected chi connectivity index (χ4v) is 2.03. The zero-order chi connectivity index (χ0) is 13.5. The molecule has 3 nitrogen and oxygen atoms in total. The Bertz CT molecular complexity index is 499. The zero-order valence-electron chi connectivity index (χ0n) is 11.5. The third kappa shape index (κ3) is 3.98. The van der Waals surface area contributed by atoms with E-state index in [1.165, 1.54) is 5.56 Å². The van der Waals surface area contributed by atoms with Crippen molar-refractivity contribution in [2.75, 3.05) is 12.4 Å². The molecule has 0 saturated carbocycles. The third-order valence-corrected chi connectivity index (χ3v) is 3.08. The molecule has 0 aliphatic carbocycles. The van der Waals surface area contributed by atoms with E-state index in [-0.39, 0.29) is 0 Å². The maximum absolute atomic E-state index is 5.24. The summed E-state index contributed by atoms with van der Waals surface area (Å²) in [4.78, 5) is 4.18. The van der Waals surface area contributed by atoms with Crippen LogP contribution in [0.4, 0.5) is 5.69 Å². The van der Waals surface area contributed by atoms with Gasteiger partial charge in [-0.3, -0.25) is 0 Å². The summed E-state index contributed by atoms with van der Waals surface area (Å²) >= 11 is 0. The van der Waals surface area contributed by atoms with E-state index in [0.29, 0.717) is 11.9 Å². The Balaban J connectivity index is 1.89. The molecule has 0 aliphatic rings. The van der Waals surface area contributed by atoms with Crippen LogP contribution in [-0.4, -0.2) is 18.1 Å². The van der Waals surface area contributed by atoms with E-state index in [0.717, 1.165) is 18.5 Å². The fraction of sp³-hybridized carbons (Fsp3) is 0.312. The minimum absolute atomic E-state index is 0.373. The van der Waals surface area contributed by atoms with Gasteiger partial charge in [0.2, 0.25) is 5.88 Å². The number of nitrogens with one attached hydrogen (secondary N) is 1. The molecule has 0 spiro atoms. The van der Waals surface area contributed by atoms with Crippen LogP contribution in [0.2, 0.25) is 0 Å². The summed E-state index contributed by atoms with van der Waals surface area (Å²) in [6.07, 6.45) is 3.87. The highest BCUT2D eigenvalue weighted by Gasteiger charge is 2.07. The highest BCUT2D eigenvalue weighted by atomic mass is 16.5. The van der Waals surface area contributed by atoms with Crippen LogP contribution in [-0.2, 0) is 6.42 Å². The average Bonchev–Trinajstić information content (AvgIpc) is 2.47. The third-order valence-electron chi connectivity index (χ3n) is 3.08. The monoisotopic (exact) mass is 256 g/mol. The van der Waals surface area contributed by atoms with E-state index >= 15 is 0 Å². The van der Waals surface area contributed by atoms with Gasteiger partial charge in [0.05, 0.1) is 12.8 Å². The Morgan fingerprint density at radius 1 is 1.16 bits per heavy atom. The first-order valence-corrected chi connectivity index (χ1v) is 6.59. The number of rotatable bonds is 6. The largest absolute Gasteiger partial charge is 0.480 e. The molecule has 0 aliphatic heterocycles. The predicted molar refractivity (Wildman–Crippen MR) is 78.6 cm³/mol. The highest BCUT2D eigenvalue weighted by molar-refractivity contribution is 5.52. The van der Waals surface area contributed by atoms with Crippen molar-refractivity contribution in [3.05, 3.63) is 54.2 Å². The summed E-state index contributed by atoms with van der Waals surface area (Å²) in [7, 11) is 1.64. The SMILES string of the molecule is COc1ncccc1NC(C)CCc1ccccc1. The molecule has 0 bridgehead atoms. The molecule has 1 heterocycles. The van der Waals surface area contributed by atoms with E-state index in [4.69, 9.17) is 4.74 Å². The first-order chi connectivity index (χ1) is 9.29. The fourth-order valence-electron chi connectivity index (χ4n) is 2.03. The van der Waals surface area contributed by atoms with Gasteiger partial charge in [-0.15, -0.1) is 0 Å². The Kier molecular flexibility index (Phi) is 4.78. The molecular weight excluding hydrogens is 236 g/mol. The lowest BCUT2D eigenvalue weighted by atomic mass is 10.1. The second-order valence-electron chi connectivity index (χ2n) is 4.63. The van der Waals surface area contributed by atoms with E-state index in [1.54, 1.807) is 13.3 Å². The number of aromatic nitrogens is 1. The van der Waals surface area contributed by atoms with E-state index in [2.05, 4.69) is 41.5 Å². The van der Waals surface area contributed by atoms with Crippen LogP contribution in [0.25, 0.3) is 0 Å². The van der Waals surface area contributed by atoms with Gasteiger partial charge in [0.15, 0.2) is 0 Å². The van der Waals surface area contributed by atoms with Crippen molar-refractivity contribution >= 4 is 5.69 Å². The van der Waals surface area contributed by atoms with Crippen LogP contribution >= 0.6 is 0 Å². The van der Waals surface area contributed by atoms with Gasteiger partial charge in [-0.25, -0.2) is 4.98 Å². The van der Waals surface area contributed by atoms with Crippen LogP contribution in [0.3, 0.4) is 0 Å². The second-order valence-corrected chi connectivity index (χ2v) is 4.63. The summed E-state index contributed by atoms with van der Waals surface area (Å²) in [5.74, 6) is 0.647. The number of hydrogen-bond donors (Lipinski definition) is 1. The van der Waals surface area contributed by atoms with Crippen molar-refractivity contribution in [2.45, 2.75) is 25.8 Å². The smallest absolute Gasteiger partial charge is 0.237 e. The summed E-state index contributed by atoms with van der Waals surface area (Å²) in [6, 6.07) is 14.8. The predicted octanol–water partition coefficient (Wildman–Crippen LogP) is 3.52. The molecule has 1 aromatic heterocycles. The zero-order valence-corrected chi connectivity index (χ0v) is 11.5. The Morgan fingerprint density at radius 2 is 1.95 bits per heavy atom. The summed E-state index contributed by atoms with van der Waals surface area (Å²) in [5, 5.41) is 3.44. The Hall–Kier alpha value is -2.03. The van der Waals surface area contributed by atoms with E-state index in [9.17, 15) is 0 Å². The van der Waals surface area contributed by atoms with Gasteiger partial charge in [-0.05, 0) is 37.5 Å². The van der Waals surface area contributed by atoms with Gasteiger partial charge < -0.3 is 10.1 Å². The van der Waals surface area contributed by atoms with Crippen molar-refractivity contribution in [3.8, 4) is 5.88 Å². The molecule has 100 valence electrons. The minimum atomic E-state index is 0.373. The van der Waals surface area contributed by atoms with Crippen LogP contribution in [0.5, 0.6) is 5.88 Å². The van der Waals surface area contributed by atoms with Crippen molar-refractivity contribution < 1.29 is 4.74 Å². The summed E-state index contributed by atoms with van der Waals surface area (Å²) in [5.41, 5.74) is 2.32. The molecule has 1 N–H and O–H groups in total. The minimum Gasteiger partial charge on any atom is -0.480 e.